The van der Waals surface area contributed by atoms with Crippen LogP contribution in [0, 0.1) is 87.3 Å². The van der Waals surface area contributed by atoms with Gasteiger partial charge >= 0.3 is 0 Å². The van der Waals surface area contributed by atoms with E-state index in [1.807, 2.05) is 55.4 Å². The van der Waals surface area contributed by atoms with Crippen LogP contribution < -0.4 is 5.43 Å². The Morgan fingerprint density at radius 3 is 1.85 bits per heavy atom. The van der Waals surface area contributed by atoms with E-state index in [0.717, 1.165) is 103 Å². The normalized spacial score (nSPS) is 46.4. The zero-order valence-corrected chi connectivity index (χ0v) is 52.3. The molecule has 0 aromatic carbocycles. The number of amides is 2. The minimum absolute atomic E-state index is 0.0253. The number of nitrogens with zero attached hydrogens (tertiary/aromatic N) is 1. The van der Waals surface area contributed by atoms with Crippen molar-refractivity contribution in [2.45, 2.75) is 291 Å². The number of piperidine rings is 1. The van der Waals surface area contributed by atoms with Crippen molar-refractivity contribution in [3.8, 4) is 0 Å². The molecule has 1 N–H and O–H groups in total. The second kappa shape index (κ2) is 21.7. The van der Waals surface area contributed by atoms with Crippen LogP contribution in [0.1, 0.15) is 238 Å². The molecule has 8 bridgehead atoms. The van der Waals surface area contributed by atoms with E-state index in [1.54, 1.807) is 0 Å². The number of hydrazine groups is 1. The first-order chi connectivity index (χ1) is 38.4. The zero-order valence-electron chi connectivity index (χ0n) is 52.3. The van der Waals surface area contributed by atoms with Gasteiger partial charge in [-0.05, 0) is 139 Å². The summed E-state index contributed by atoms with van der Waals surface area (Å²) in [6.07, 6.45) is 18.7. The molecule has 0 radical (unpaired) electrons. The molecule has 0 aromatic heterocycles. The van der Waals surface area contributed by atoms with Crippen LogP contribution in [0.25, 0.3) is 0 Å². The third kappa shape index (κ3) is 10.3. The number of ketones is 3. The van der Waals surface area contributed by atoms with Crippen molar-refractivity contribution in [2.24, 2.45) is 87.3 Å². The van der Waals surface area contributed by atoms with E-state index in [2.05, 4.69) is 47.0 Å². The molecule has 2 amide bonds. The molecule has 0 aromatic rings. The van der Waals surface area contributed by atoms with Gasteiger partial charge in [-0.15, -0.1) is 0 Å². The summed E-state index contributed by atoms with van der Waals surface area (Å²) < 4.78 is 26.0. The largest absolute Gasteiger partial charge is 0.346 e. The van der Waals surface area contributed by atoms with E-state index < -0.39 is 46.9 Å². The molecule has 9 heterocycles. The minimum atomic E-state index is -0.963. The minimum Gasteiger partial charge on any atom is -0.346 e. The van der Waals surface area contributed by atoms with Crippen LogP contribution in [0.4, 0.5) is 0 Å². The maximum atomic E-state index is 13.3. The molecule has 17 atom stereocenters. The smallest absolute Gasteiger partial charge is 0.246 e. The van der Waals surface area contributed by atoms with Crippen LogP contribution in [-0.4, -0.2) is 87.1 Å². The summed E-state index contributed by atoms with van der Waals surface area (Å²) in [6, 6.07) is 0. The molecule has 16 rings (SSSR count). The van der Waals surface area contributed by atoms with Gasteiger partial charge in [-0.25, -0.2) is 24.6 Å². The Bertz CT molecular complexity index is 2430. The number of ether oxygens (including phenoxy) is 4. The number of nitrogens with one attached hydrogen (secondary N) is 1. The number of rotatable bonds is 9. The molecule has 7 aliphatic carbocycles. The standard InChI is InChI=1S/C22H34N2O6.C22H36O5.C21H32O4/c1-12(2)17(25)8-9-18(26)23-24-19(27)14(4)16-7-6-13(3)15-10-11-21(5)28-20(24)22(15,16)30-29-21;1-13-7-8-16-14(2)17(9-10-18(23)20(3,4)5)24-19-22(16)15(13)11-12-21(6,25-19)26-27-22;1-18(2,3)17(22)19-11-14-9-15(12-19)21(16(10-14)13-19)23-20(24-25-21)7-5-4-6-8-20/h12-16,20H,6-11H2,1-5H3,(H,23,26);13-17,19H,7-12H2,1-6H3;14-16H,4-13H2,1-3H3. The SMILES string of the molecule is CC(C)(C)C(=O)C12CC3CC(C1)C1(OOC4(CCCCC4)O1)C(C3)C2.CC(C)C(=O)CCC(=O)NN1C(=O)C(C)C2CCC(C)C3CCC4(C)OOC32C1O4.CC1CCC2C(C)C(CCC(=O)C(C)(C)C)OC3OC4(C)CCC1C32OO4. The van der Waals surface area contributed by atoms with Crippen molar-refractivity contribution in [1.82, 2.24) is 10.4 Å². The number of hydrogen-bond donors (Lipinski definition) is 1. The monoisotopic (exact) mass is 1150 g/mol. The van der Waals surface area contributed by atoms with Crippen molar-refractivity contribution < 1.29 is 72.2 Å². The average Bonchev–Trinajstić information content (AvgIpc) is 1.70. The first kappa shape index (κ1) is 61.2. The van der Waals surface area contributed by atoms with Gasteiger partial charge in [-0.2, -0.15) is 9.78 Å². The predicted molar refractivity (Wildman–Crippen MR) is 299 cm³/mol. The molecule has 17 unspecified atom stereocenters. The summed E-state index contributed by atoms with van der Waals surface area (Å²) >= 11 is 0. The molecule has 9 saturated heterocycles. The summed E-state index contributed by atoms with van der Waals surface area (Å²) in [6.45, 7) is 28.3. The third-order valence-corrected chi connectivity index (χ3v) is 23.3. The van der Waals surface area contributed by atoms with Gasteiger partial charge in [-0.1, -0.05) is 89.5 Å². The van der Waals surface area contributed by atoms with E-state index >= 15 is 0 Å². The van der Waals surface area contributed by atoms with Gasteiger partial charge in [0.1, 0.15) is 17.3 Å². The van der Waals surface area contributed by atoms with E-state index in [4.69, 9.17) is 48.3 Å². The van der Waals surface area contributed by atoms with Crippen molar-refractivity contribution >= 4 is 29.2 Å². The van der Waals surface area contributed by atoms with E-state index in [0.29, 0.717) is 71.8 Å². The van der Waals surface area contributed by atoms with Crippen LogP contribution in [-0.2, 0) is 72.2 Å². The fourth-order valence-corrected chi connectivity index (χ4v) is 18.9. The molecule has 4 spiro atoms. The van der Waals surface area contributed by atoms with E-state index in [-0.39, 0.29) is 76.5 Å². The third-order valence-electron chi connectivity index (χ3n) is 23.3. The highest BCUT2D eigenvalue weighted by molar-refractivity contribution is 5.90. The first-order valence-electron chi connectivity index (χ1n) is 32.5. The molecule has 7 saturated carbocycles. The second-order valence-electron chi connectivity index (χ2n) is 31.4. The van der Waals surface area contributed by atoms with E-state index in [9.17, 15) is 24.0 Å². The van der Waals surface area contributed by atoms with Gasteiger partial charge in [0.15, 0.2) is 23.7 Å². The Labute approximate surface area is 488 Å². The van der Waals surface area contributed by atoms with Gasteiger partial charge in [0.25, 0.3) is 0 Å². The maximum absolute atomic E-state index is 13.3. The Balaban J connectivity index is 0.000000129. The van der Waals surface area contributed by atoms with Gasteiger partial charge in [0, 0.05) is 96.7 Å². The van der Waals surface area contributed by atoms with Crippen molar-refractivity contribution in [3.05, 3.63) is 0 Å². The van der Waals surface area contributed by atoms with Crippen LogP contribution in [0.5, 0.6) is 0 Å². The Morgan fingerprint density at radius 1 is 0.646 bits per heavy atom. The number of carbonyl (C=O) groups is 5. The van der Waals surface area contributed by atoms with Crippen LogP contribution >= 0.6 is 0 Å². The topological polar surface area (TPSA) is 193 Å². The summed E-state index contributed by atoms with van der Waals surface area (Å²) in [5, 5.41) is 1.33. The lowest BCUT2D eigenvalue weighted by molar-refractivity contribution is -0.571. The lowest BCUT2D eigenvalue weighted by Gasteiger charge is -2.62. The van der Waals surface area contributed by atoms with E-state index in [1.165, 1.54) is 17.9 Å². The maximum Gasteiger partial charge on any atom is 0.246 e. The Kier molecular flexibility index (Phi) is 16.2. The Hall–Kier alpha value is -2.45. The summed E-state index contributed by atoms with van der Waals surface area (Å²) in [5.74, 6) is 0.461. The Morgan fingerprint density at radius 2 is 1.24 bits per heavy atom. The molecular formula is C65H102N2O15. The van der Waals surface area contributed by atoms with Crippen LogP contribution in [0.15, 0.2) is 0 Å². The number of carbonyl (C=O) groups excluding carboxylic acids is 5. The van der Waals surface area contributed by atoms with Gasteiger partial charge in [-0.3, -0.25) is 29.4 Å². The van der Waals surface area contributed by atoms with Gasteiger partial charge in [0.05, 0.1) is 6.10 Å². The fourth-order valence-electron chi connectivity index (χ4n) is 18.9. The molecule has 17 heteroatoms. The number of hydrogen-bond acceptors (Lipinski definition) is 15. The van der Waals surface area contributed by atoms with Crippen molar-refractivity contribution in [2.75, 3.05) is 0 Å². The zero-order chi connectivity index (χ0) is 59.0. The first-order valence-corrected chi connectivity index (χ1v) is 32.5. The highest BCUT2D eigenvalue weighted by Crippen LogP contribution is 2.69. The molecule has 16 fully saturated rings. The average molecular weight is 1150 g/mol. The van der Waals surface area contributed by atoms with Crippen LogP contribution in [0.2, 0.25) is 0 Å². The van der Waals surface area contributed by atoms with Crippen LogP contribution in [0.3, 0.4) is 0 Å². The molecule has 17 nitrogen and oxygen atoms in total. The fraction of sp³-hybridized carbons (Fsp3) is 0.923. The molecule has 16 aliphatic rings. The quantitative estimate of drug-likeness (QED) is 0.214. The van der Waals surface area contributed by atoms with Gasteiger partial charge in [0.2, 0.25) is 35.0 Å². The number of fused-ring (bicyclic) bond motifs is 4. The highest BCUT2D eigenvalue weighted by Gasteiger charge is 2.74. The highest BCUT2D eigenvalue weighted by atomic mass is 17.3. The lowest BCUT2D eigenvalue weighted by Crippen LogP contribution is -2.77. The number of Topliss-reactive ketones (excluding diaryl/α,β-unsaturated/α-hetero) is 3. The summed E-state index contributed by atoms with van der Waals surface area (Å²) in [7, 11) is 0. The van der Waals surface area contributed by atoms with Crippen molar-refractivity contribution in [3.63, 3.8) is 0 Å². The molecule has 9 aliphatic heterocycles. The second-order valence-corrected chi connectivity index (χ2v) is 31.4. The predicted octanol–water partition coefficient (Wildman–Crippen LogP) is 12.1. The lowest BCUT2D eigenvalue weighted by atomic mass is 9.45. The summed E-state index contributed by atoms with van der Waals surface area (Å²) in [4.78, 5) is 99.6. The summed E-state index contributed by atoms with van der Waals surface area (Å²) in [5.41, 5.74) is 0.738. The molecule has 82 heavy (non-hydrogen) atoms. The molecule has 462 valence electrons. The van der Waals surface area contributed by atoms with Gasteiger partial charge < -0.3 is 18.9 Å². The van der Waals surface area contributed by atoms with Crippen molar-refractivity contribution in [1.29, 1.82) is 0 Å². The molecular weight excluding hydrogens is 1050 g/mol.